The molecule has 0 unspecified atom stereocenters. The van der Waals surface area contributed by atoms with Crippen LogP contribution in [0.2, 0.25) is 0 Å². The van der Waals surface area contributed by atoms with Gasteiger partial charge in [-0.3, -0.25) is 9.59 Å². The minimum Gasteiger partial charge on any atom is -0.342 e. The summed E-state index contributed by atoms with van der Waals surface area (Å²) in [6.45, 7) is 3.87. The Morgan fingerprint density at radius 3 is 2.55 bits per heavy atom. The Morgan fingerprint density at radius 2 is 1.82 bits per heavy atom. The fraction of sp³-hybridized carbons (Fsp3) is 0.120. The van der Waals surface area contributed by atoms with Crippen molar-refractivity contribution in [2.45, 2.75) is 20.4 Å². The third kappa shape index (κ3) is 5.61. The molecule has 0 aliphatic rings. The lowest BCUT2D eigenvalue weighted by molar-refractivity contribution is -0.118. The lowest BCUT2D eigenvalue weighted by Gasteiger charge is -2.11. The summed E-state index contributed by atoms with van der Waals surface area (Å²) in [6, 6.07) is 18.7. The summed E-state index contributed by atoms with van der Waals surface area (Å²) in [4.78, 5) is 30.9. The first-order valence-electron chi connectivity index (χ1n) is 10.3. The molecule has 0 radical (unpaired) electrons. The summed E-state index contributed by atoms with van der Waals surface area (Å²) >= 11 is 1.46. The van der Waals surface area contributed by atoms with E-state index >= 15 is 0 Å². The maximum Gasteiger partial charge on any atom is 0.268 e. The fourth-order valence-corrected chi connectivity index (χ4v) is 3.75. The van der Waals surface area contributed by atoms with Crippen LogP contribution in [-0.2, 0) is 11.3 Å². The van der Waals surface area contributed by atoms with Crippen LogP contribution < -0.4 is 10.6 Å². The van der Waals surface area contributed by atoms with Crippen molar-refractivity contribution in [3.05, 3.63) is 99.2 Å². The Bertz CT molecular complexity index is 1290. The number of aromatic nitrogens is 2. The van der Waals surface area contributed by atoms with E-state index in [4.69, 9.17) is 4.52 Å². The molecule has 0 atom stereocenters. The van der Waals surface area contributed by atoms with Crippen molar-refractivity contribution in [1.29, 1.82) is 0 Å². The van der Waals surface area contributed by atoms with Gasteiger partial charge in [-0.15, -0.1) is 11.3 Å². The number of benzene rings is 2. The smallest absolute Gasteiger partial charge is 0.268 e. The van der Waals surface area contributed by atoms with E-state index in [9.17, 15) is 9.59 Å². The Labute approximate surface area is 195 Å². The number of aryl methyl sites for hydroxylation is 2. The second-order valence-electron chi connectivity index (χ2n) is 7.40. The van der Waals surface area contributed by atoms with E-state index in [-0.39, 0.29) is 24.0 Å². The van der Waals surface area contributed by atoms with Gasteiger partial charge in [0.2, 0.25) is 11.7 Å². The highest BCUT2D eigenvalue weighted by Crippen LogP contribution is 2.17. The molecule has 0 aliphatic heterocycles. The average Bonchev–Trinajstić information content (AvgIpc) is 3.50. The standard InChI is InChI=1S/C25H22N4O3S/c1-16-9-11-18(12-10-16)23-28-22(32-29-23)15-26-25(31)21(14-19-7-5-13-33-19)27-24(30)20-8-4-3-6-17(20)2/h3-14H,15H2,1-2H3,(H,26,31)(H,27,30)/b21-14-. The number of carbonyl (C=O) groups is 2. The van der Waals surface area contributed by atoms with E-state index in [1.165, 1.54) is 11.3 Å². The molecular formula is C25H22N4O3S. The second-order valence-corrected chi connectivity index (χ2v) is 8.38. The van der Waals surface area contributed by atoms with Gasteiger partial charge in [-0.2, -0.15) is 4.98 Å². The zero-order valence-electron chi connectivity index (χ0n) is 18.2. The number of hydrogen-bond acceptors (Lipinski definition) is 6. The van der Waals surface area contributed by atoms with Crippen molar-refractivity contribution >= 4 is 29.2 Å². The van der Waals surface area contributed by atoms with Crippen molar-refractivity contribution in [1.82, 2.24) is 20.8 Å². The lowest BCUT2D eigenvalue weighted by atomic mass is 10.1. The van der Waals surface area contributed by atoms with Crippen molar-refractivity contribution in [2.24, 2.45) is 0 Å². The minimum atomic E-state index is -0.458. The second kappa shape index (κ2) is 10.1. The Balaban J connectivity index is 1.47. The molecule has 2 aromatic carbocycles. The van der Waals surface area contributed by atoms with Crippen LogP contribution in [0.25, 0.3) is 17.5 Å². The molecule has 0 bridgehead atoms. The highest BCUT2D eigenvalue weighted by atomic mass is 32.1. The molecule has 0 saturated heterocycles. The summed E-state index contributed by atoms with van der Waals surface area (Å²) in [6.07, 6.45) is 1.64. The zero-order chi connectivity index (χ0) is 23.2. The molecule has 0 fully saturated rings. The monoisotopic (exact) mass is 458 g/mol. The first-order valence-corrected chi connectivity index (χ1v) is 11.2. The van der Waals surface area contributed by atoms with E-state index in [0.29, 0.717) is 11.4 Å². The topological polar surface area (TPSA) is 97.1 Å². The van der Waals surface area contributed by atoms with E-state index in [1.807, 2.05) is 67.8 Å². The average molecular weight is 459 g/mol. The van der Waals surface area contributed by atoms with Crippen molar-refractivity contribution < 1.29 is 14.1 Å². The van der Waals surface area contributed by atoms with Crippen LogP contribution >= 0.6 is 11.3 Å². The maximum atomic E-state index is 12.9. The molecule has 0 saturated carbocycles. The van der Waals surface area contributed by atoms with Crippen LogP contribution in [-0.4, -0.2) is 22.0 Å². The highest BCUT2D eigenvalue weighted by molar-refractivity contribution is 7.10. The summed E-state index contributed by atoms with van der Waals surface area (Å²) in [5.74, 6) is -0.105. The van der Waals surface area contributed by atoms with Crippen LogP contribution in [0.1, 0.15) is 32.3 Å². The number of carbonyl (C=O) groups excluding carboxylic acids is 2. The van der Waals surface area contributed by atoms with Gasteiger partial charge in [-0.05, 0) is 43.0 Å². The number of hydrogen-bond donors (Lipinski definition) is 2. The van der Waals surface area contributed by atoms with Crippen molar-refractivity contribution in [3.63, 3.8) is 0 Å². The first kappa shape index (κ1) is 22.2. The van der Waals surface area contributed by atoms with Gasteiger partial charge in [0.1, 0.15) is 5.70 Å². The van der Waals surface area contributed by atoms with Gasteiger partial charge in [-0.25, -0.2) is 0 Å². The van der Waals surface area contributed by atoms with Crippen LogP contribution in [0.4, 0.5) is 0 Å². The van der Waals surface area contributed by atoms with Gasteiger partial charge >= 0.3 is 0 Å². The number of amides is 2. The molecule has 4 rings (SSSR count). The van der Waals surface area contributed by atoms with Gasteiger partial charge in [-0.1, -0.05) is 59.3 Å². The predicted molar refractivity (Wildman–Crippen MR) is 127 cm³/mol. The largest absolute Gasteiger partial charge is 0.342 e. The molecule has 2 amide bonds. The van der Waals surface area contributed by atoms with E-state index in [2.05, 4.69) is 20.8 Å². The molecule has 166 valence electrons. The third-order valence-corrected chi connectivity index (χ3v) is 5.71. The summed E-state index contributed by atoms with van der Waals surface area (Å²) in [5, 5.41) is 11.4. The summed E-state index contributed by atoms with van der Waals surface area (Å²) < 4.78 is 5.27. The van der Waals surface area contributed by atoms with E-state index in [0.717, 1.165) is 21.6 Å². The highest BCUT2D eigenvalue weighted by Gasteiger charge is 2.17. The fourth-order valence-electron chi connectivity index (χ4n) is 3.09. The summed E-state index contributed by atoms with van der Waals surface area (Å²) in [7, 11) is 0. The minimum absolute atomic E-state index is 0.0275. The predicted octanol–water partition coefficient (Wildman–Crippen LogP) is 4.50. The normalized spacial score (nSPS) is 11.3. The molecule has 2 heterocycles. The molecule has 4 aromatic rings. The molecule has 8 heteroatoms. The van der Waals surface area contributed by atoms with E-state index < -0.39 is 5.91 Å². The van der Waals surface area contributed by atoms with Gasteiger partial charge in [0.25, 0.3) is 11.8 Å². The number of thiophene rings is 1. The number of nitrogens with one attached hydrogen (secondary N) is 2. The number of rotatable bonds is 7. The SMILES string of the molecule is Cc1ccc(-c2noc(CNC(=O)/C(=C/c3cccs3)NC(=O)c3ccccc3C)n2)cc1. The molecule has 0 spiro atoms. The maximum absolute atomic E-state index is 12.9. The van der Waals surface area contributed by atoms with Gasteiger partial charge in [0, 0.05) is 16.0 Å². The first-order chi connectivity index (χ1) is 16.0. The molecular weight excluding hydrogens is 436 g/mol. The van der Waals surface area contributed by atoms with Crippen molar-refractivity contribution in [3.8, 4) is 11.4 Å². The van der Waals surface area contributed by atoms with Crippen LogP contribution in [0.5, 0.6) is 0 Å². The molecule has 2 aromatic heterocycles. The zero-order valence-corrected chi connectivity index (χ0v) is 19.0. The Hall–Kier alpha value is -4.04. The van der Waals surface area contributed by atoms with Gasteiger partial charge in [0.15, 0.2) is 0 Å². The third-order valence-electron chi connectivity index (χ3n) is 4.89. The molecule has 2 N–H and O–H groups in total. The van der Waals surface area contributed by atoms with Gasteiger partial charge < -0.3 is 15.2 Å². The van der Waals surface area contributed by atoms with Gasteiger partial charge in [0.05, 0.1) is 6.54 Å². The van der Waals surface area contributed by atoms with E-state index in [1.54, 1.807) is 18.2 Å². The molecule has 0 aliphatic carbocycles. The number of nitrogens with zero attached hydrogens (tertiary/aromatic N) is 2. The Kier molecular flexibility index (Phi) is 6.75. The Morgan fingerprint density at radius 1 is 1.03 bits per heavy atom. The van der Waals surface area contributed by atoms with Crippen LogP contribution in [0.3, 0.4) is 0 Å². The quantitative estimate of drug-likeness (QED) is 0.398. The lowest BCUT2D eigenvalue weighted by Crippen LogP contribution is -2.34. The van der Waals surface area contributed by atoms with Crippen LogP contribution in [0.15, 0.2) is 76.3 Å². The van der Waals surface area contributed by atoms with Crippen LogP contribution in [0, 0.1) is 13.8 Å². The molecule has 7 nitrogen and oxygen atoms in total. The molecule has 33 heavy (non-hydrogen) atoms. The summed E-state index contributed by atoms with van der Waals surface area (Å²) in [5.41, 5.74) is 3.41. The van der Waals surface area contributed by atoms with Crippen molar-refractivity contribution in [2.75, 3.05) is 0 Å².